The molecule has 16 heavy (non-hydrogen) atoms. The smallest absolute Gasteiger partial charge is 0.309 e. The topological polar surface area (TPSA) is 46.5 Å². The lowest BCUT2D eigenvalue weighted by atomic mass is 10.0. The molecule has 0 aliphatic rings. The van der Waals surface area contributed by atoms with Gasteiger partial charge in [-0.1, -0.05) is 39.0 Å². The molecule has 0 aliphatic heterocycles. The van der Waals surface area contributed by atoms with E-state index < -0.39 is 6.10 Å². The summed E-state index contributed by atoms with van der Waals surface area (Å²) in [5.74, 6) is -0.386. The second-order valence-electron chi connectivity index (χ2n) is 3.61. The third kappa shape index (κ3) is 6.40. The van der Waals surface area contributed by atoms with Crippen molar-refractivity contribution in [2.45, 2.75) is 45.6 Å². The molecular formula is C13H22O3. The van der Waals surface area contributed by atoms with Crippen molar-refractivity contribution in [3.8, 4) is 0 Å². The van der Waals surface area contributed by atoms with E-state index in [1.165, 1.54) is 6.08 Å². The Labute approximate surface area is 97.8 Å². The number of esters is 1. The zero-order valence-electron chi connectivity index (χ0n) is 10.2. The average molecular weight is 226 g/mol. The molecule has 0 aromatic carbocycles. The number of rotatable bonds is 8. The predicted octanol–water partition coefficient (Wildman–Crippen LogP) is 2.60. The fourth-order valence-electron chi connectivity index (χ4n) is 1.35. The summed E-state index contributed by atoms with van der Waals surface area (Å²) in [4.78, 5) is 11.2. The van der Waals surface area contributed by atoms with Crippen molar-refractivity contribution in [3.63, 3.8) is 0 Å². The van der Waals surface area contributed by atoms with Crippen molar-refractivity contribution in [3.05, 3.63) is 24.3 Å². The number of allylic oxidation sites excluding steroid dienone is 1. The molecule has 0 aromatic heterocycles. The Balaban J connectivity index is 4.14. The van der Waals surface area contributed by atoms with Crippen LogP contribution >= 0.6 is 0 Å². The summed E-state index contributed by atoms with van der Waals surface area (Å²) >= 11 is 0. The molecule has 0 amide bonds. The zero-order chi connectivity index (χ0) is 12.4. The zero-order valence-corrected chi connectivity index (χ0v) is 10.2. The molecule has 3 heteroatoms. The second kappa shape index (κ2) is 9.16. The highest BCUT2D eigenvalue weighted by atomic mass is 16.5. The van der Waals surface area contributed by atoms with E-state index in [-0.39, 0.29) is 19.0 Å². The van der Waals surface area contributed by atoms with Crippen molar-refractivity contribution in [1.82, 2.24) is 0 Å². The highest BCUT2D eigenvalue weighted by Gasteiger charge is 2.14. The van der Waals surface area contributed by atoms with Gasteiger partial charge >= 0.3 is 5.97 Å². The van der Waals surface area contributed by atoms with E-state index in [0.29, 0.717) is 0 Å². The molecule has 1 atom stereocenters. The Morgan fingerprint density at radius 1 is 1.50 bits per heavy atom. The summed E-state index contributed by atoms with van der Waals surface area (Å²) in [6.07, 6.45) is 5.56. The van der Waals surface area contributed by atoms with Crippen molar-refractivity contribution in [2.24, 2.45) is 0 Å². The van der Waals surface area contributed by atoms with Gasteiger partial charge in [0.05, 0.1) is 12.5 Å². The summed E-state index contributed by atoms with van der Waals surface area (Å²) < 4.78 is 4.82. The van der Waals surface area contributed by atoms with Gasteiger partial charge in [-0.05, 0) is 18.4 Å². The van der Waals surface area contributed by atoms with Crippen LogP contribution in [0.4, 0.5) is 0 Å². The number of hydrogen-bond acceptors (Lipinski definition) is 3. The number of carbonyl (C=O) groups excluding carboxylic acids is 1. The molecule has 0 rings (SSSR count). The van der Waals surface area contributed by atoms with Crippen LogP contribution in [-0.4, -0.2) is 23.8 Å². The van der Waals surface area contributed by atoms with Gasteiger partial charge in [-0.3, -0.25) is 4.79 Å². The Bertz CT molecular complexity index is 244. The third-order valence-corrected chi connectivity index (χ3v) is 2.25. The largest absolute Gasteiger partial charge is 0.461 e. The van der Waals surface area contributed by atoms with Gasteiger partial charge in [0, 0.05) is 0 Å². The number of ether oxygens (including phenoxy) is 1. The Kier molecular flexibility index (Phi) is 8.53. The van der Waals surface area contributed by atoms with E-state index in [9.17, 15) is 9.90 Å². The normalized spacial score (nSPS) is 13.3. The standard InChI is InChI=1S/C13H22O3/c1-4-7-8-11(6-3)12(14)10-13(15)16-9-5-2/h5,8,12,14H,2,4,6-7,9-10H2,1,3H3/b11-8+/t12-/m0/s1. The summed E-state index contributed by atoms with van der Waals surface area (Å²) in [5.41, 5.74) is 0.914. The fourth-order valence-corrected chi connectivity index (χ4v) is 1.35. The van der Waals surface area contributed by atoms with Crippen LogP contribution in [0.5, 0.6) is 0 Å². The summed E-state index contributed by atoms with van der Waals surface area (Å²) in [7, 11) is 0. The maximum absolute atomic E-state index is 11.2. The number of aliphatic hydroxyl groups is 1. The molecule has 0 aliphatic carbocycles. The minimum absolute atomic E-state index is 0.0250. The molecule has 1 N–H and O–H groups in total. The maximum atomic E-state index is 11.2. The number of hydrogen-bond donors (Lipinski definition) is 1. The summed E-state index contributed by atoms with van der Waals surface area (Å²) in [5, 5.41) is 9.81. The van der Waals surface area contributed by atoms with E-state index in [0.717, 1.165) is 24.8 Å². The number of unbranched alkanes of at least 4 members (excludes halogenated alkanes) is 1. The highest BCUT2D eigenvalue weighted by Crippen LogP contribution is 2.13. The van der Waals surface area contributed by atoms with Crippen molar-refractivity contribution >= 4 is 5.97 Å². The van der Waals surface area contributed by atoms with Crippen LogP contribution < -0.4 is 0 Å². The van der Waals surface area contributed by atoms with Gasteiger partial charge < -0.3 is 9.84 Å². The van der Waals surface area contributed by atoms with Crippen LogP contribution in [0.2, 0.25) is 0 Å². The average Bonchev–Trinajstić information content (AvgIpc) is 2.27. The third-order valence-electron chi connectivity index (χ3n) is 2.25. The van der Waals surface area contributed by atoms with Crippen LogP contribution in [0.1, 0.15) is 39.5 Å². The van der Waals surface area contributed by atoms with Crippen LogP contribution in [0.3, 0.4) is 0 Å². The van der Waals surface area contributed by atoms with E-state index >= 15 is 0 Å². The van der Waals surface area contributed by atoms with Gasteiger partial charge in [0.15, 0.2) is 0 Å². The number of carbonyl (C=O) groups is 1. The lowest BCUT2D eigenvalue weighted by molar-refractivity contribution is -0.144. The van der Waals surface area contributed by atoms with Gasteiger partial charge in [0.25, 0.3) is 0 Å². The quantitative estimate of drug-likeness (QED) is 0.511. The van der Waals surface area contributed by atoms with Gasteiger partial charge in [-0.2, -0.15) is 0 Å². The molecule has 0 heterocycles. The molecule has 0 spiro atoms. The van der Waals surface area contributed by atoms with Crippen molar-refractivity contribution in [2.75, 3.05) is 6.61 Å². The Morgan fingerprint density at radius 3 is 2.69 bits per heavy atom. The first kappa shape index (κ1) is 14.9. The number of aliphatic hydroxyl groups excluding tert-OH is 1. The Hall–Kier alpha value is -1.09. The molecule has 0 unspecified atom stereocenters. The molecule has 0 saturated heterocycles. The fraction of sp³-hybridized carbons (Fsp3) is 0.615. The first-order valence-electron chi connectivity index (χ1n) is 5.79. The monoisotopic (exact) mass is 226 g/mol. The van der Waals surface area contributed by atoms with Crippen molar-refractivity contribution in [1.29, 1.82) is 0 Å². The van der Waals surface area contributed by atoms with E-state index in [2.05, 4.69) is 13.5 Å². The highest BCUT2D eigenvalue weighted by molar-refractivity contribution is 5.70. The summed E-state index contributed by atoms with van der Waals surface area (Å²) in [6.45, 7) is 7.70. The maximum Gasteiger partial charge on any atom is 0.309 e. The lowest BCUT2D eigenvalue weighted by Crippen LogP contribution is -2.18. The molecule has 3 nitrogen and oxygen atoms in total. The first-order chi connectivity index (χ1) is 7.65. The second-order valence-corrected chi connectivity index (χ2v) is 3.61. The Morgan fingerprint density at radius 2 is 2.19 bits per heavy atom. The predicted molar refractivity (Wildman–Crippen MR) is 65.1 cm³/mol. The van der Waals surface area contributed by atoms with Gasteiger partial charge in [-0.15, -0.1) is 0 Å². The summed E-state index contributed by atoms with van der Waals surface area (Å²) in [6, 6.07) is 0. The molecule has 0 radical (unpaired) electrons. The minimum atomic E-state index is -0.714. The van der Waals surface area contributed by atoms with Gasteiger partial charge in [0.1, 0.15) is 6.61 Å². The molecule has 0 saturated carbocycles. The SMILES string of the molecule is C=CCOC(=O)C[C@H](O)/C(=C/CCC)CC. The van der Waals surface area contributed by atoms with E-state index in [1.54, 1.807) is 0 Å². The van der Waals surface area contributed by atoms with Gasteiger partial charge in [-0.25, -0.2) is 0 Å². The van der Waals surface area contributed by atoms with Crippen molar-refractivity contribution < 1.29 is 14.6 Å². The van der Waals surface area contributed by atoms with Crippen LogP contribution in [0.15, 0.2) is 24.3 Å². The lowest BCUT2D eigenvalue weighted by Gasteiger charge is -2.12. The van der Waals surface area contributed by atoms with Crippen LogP contribution in [0, 0.1) is 0 Å². The molecule has 0 bridgehead atoms. The van der Waals surface area contributed by atoms with Crippen LogP contribution in [-0.2, 0) is 9.53 Å². The van der Waals surface area contributed by atoms with E-state index in [1.807, 2.05) is 13.0 Å². The van der Waals surface area contributed by atoms with Crippen LogP contribution in [0.25, 0.3) is 0 Å². The molecule has 92 valence electrons. The minimum Gasteiger partial charge on any atom is -0.461 e. The molecule has 0 fully saturated rings. The first-order valence-corrected chi connectivity index (χ1v) is 5.79. The van der Waals surface area contributed by atoms with Gasteiger partial charge in [0.2, 0.25) is 0 Å². The van der Waals surface area contributed by atoms with E-state index in [4.69, 9.17) is 4.74 Å². The molecule has 0 aromatic rings. The molecular weight excluding hydrogens is 204 g/mol.